The predicted molar refractivity (Wildman–Crippen MR) is 106 cm³/mol. The van der Waals surface area contributed by atoms with Gasteiger partial charge in [0.05, 0.1) is 42.7 Å². The number of halogens is 4. The molecule has 1 fully saturated rings. The van der Waals surface area contributed by atoms with Gasteiger partial charge in [-0.1, -0.05) is 17.7 Å². The summed E-state index contributed by atoms with van der Waals surface area (Å²) in [5.74, 6) is 0. The SMILES string of the molecule is O=c1c(C[NH+]2CCN(c3cccc(C(F)(F)F)c3)CC2)coc2ccc(Cl)cc12. The van der Waals surface area contributed by atoms with E-state index in [0.29, 0.717) is 60.0 Å². The van der Waals surface area contributed by atoms with E-state index in [0.717, 1.165) is 6.07 Å². The molecule has 1 aliphatic rings. The van der Waals surface area contributed by atoms with Crippen molar-refractivity contribution in [2.24, 2.45) is 0 Å². The van der Waals surface area contributed by atoms with Crippen LogP contribution < -0.4 is 15.2 Å². The lowest BCUT2D eigenvalue weighted by Gasteiger charge is -2.33. The molecule has 0 aliphatic carbocycles. The zero-order valence-corrected chi connectivity index (χ0v) is 16.2. The number of quaternary nitrogens is 1. The number of rotatable bonds is 3. The molecule has 3 aromatic rings. The Hall–Kier alpha value is -2.51. The van der Waals surface area contributed by atoms with Crippen LogP contribution in [0.4, 0.5) is 18.9 Å². The summed E-state index contributed by atoms with van der Waals surface area (Å²) < 4.78 is 44.4. The van der Waals surface area contributed by atoms with E-state index in [-0.39, 0.29) is 5.43 Å². The van der Waals surface area contributed by atoms with E-state index in [1.165, 1.54) is 23.3 Å². The van der Waals surface area contributed by atoms with Gasteiger partial charge in [0.25, 0.3) is 0 Å². The molecule has 152 valence electrons. The van der Waals surface area contributed by atoms with Crippen molar-refractivity contribution in [1.82, 2.24) is 0 Å². The van der Waals surface area contributed by atoms with Crippen molar-refractivity contribution >= 4 is 28.3 Å². The van der Waals surface area contributed by atoms with Crippen LogP contribution in [0.25, 0.3) is 11.0 Å². The molecule has 8 heteroatoms. The van der Waals surface area contributed by atoms with Crippen molar-refractivity contribution in [2.45, 2.75) is 12.7 Å². The third-order valence-corrected chi connectivity index (χ3v) is 5.49. The first-order valence-electron chi connectivity index (χ1n) is 9.27. The molecule has 0 unspecified atom stereocenters. The minimum Gasteiger partial charge on any atom is -0.464 e. The molecule has 1 saturated heterocycles. The Labute approximate surface area is 170 Å². The first-order valence-corrected chi connectivity index (χ1v) is 9.65. The Morgan fingerprint density at radius 2 is 1.86 bits per heavy atom. The number of nitrogens with zero attached hydrogens (tertiary/aromatic N) is 1. The second-order valence-corrected chi connectivity index (χ2v) is 7.63. The Kier molecular flexibility index (Phi) is 5.27. The Morgan fingerprint density at radius 1 is 1.10 bits per heavy atom. The summed E-state index contributed by atoms with van der Waals surface area (Å²) in [5.41, 5.74) is 0.896. The molecule has 0 spiro atoms. The summed E-state index contributed by atoms with van der Waals surface area (Å²) in [6.45, 7) is 3.15. The van der Waals surface area contributed by atoms with E-state index >= 15 is 0 Å². The molecule has 4 nitrogen and oxygen atoms in total. The van der Waals surface area contributed by atoms with Crippen LogP contribution in [0.5, 0.6) is 0 Å². The number of anilines is 1. The number of hydrogen-bond acceptors (Lipinski definition) is 3. The summed E-state index contributed by atoms with van der Waals surface area (Å²) >= 11 is 5.99. The fourth-order valence-electron chi connectivity index (χ4n) is 3.67. The largest absolute Gasteiger partial charge is 0.464 e. The molecule has 0 radical (unpaired) electrons. The van der Waals surface area contributed by atoms with Gasteiger partial charge in [-0.15, -0.1) is 0 Å². The number of alkyl halides is 3. The molecule has 4 rings (SSSR count). The number of nitrogens with one attached hydrogen (secondary N) is 1. The Morgan fingerprint density at radius 3 is 2.59 bits per heavy atom. The number of fused-ring (bicyclic) bond motifs is 1. The van der Waals surface area contributed by atoms with Gasteiger partial charge in [0.15, 0.2) is 0 Å². The molecule has 2 heterocycles. The predicted octanol–water partition coefficient (Wildman–Crippen LogP) is 3.37. The summed E-state index contributed by atoms with van der Waals surface area (Å²) in [7, 11) is 0. The van der Waals surface area contributed by atoms with Gasteiger partial charge in [0.1, 0.15) is 18.4 Å². The molecular weight excluding hydrogens is 405 g/mol. The van der Waals surface area contributed by atoms with Gasteiger partial charge >= 0.3 is 6.18 Å². The minimum absolute atomic E-state index is 0.0958. The van der Waals surface area contributed by atoms with Crippen LogP contribution in [0, 0.1) is 0 Å². The highest BCUT2D eigenvalue weighted by Crippen LogP contribution is 2.31. The van der Waals surface area contributed by atoms with E-state index in [1.54, 1.807) is 24.3 Å². The van der Waals surface area contributed by atoms with Crippen LogP contribution in [-0.4, -0.2) is 26.2 Å². The minimum atomic E-state index is -4.35. The standard InChI is InChI=1S/C21H18ClF3N2O2/c22-16-4-5-19-18(11-16)20(28)14(13-29-19)12-26-6-8-27(9-7-26)17-3-1-2-15(10-17)21(23,24)25/h1-5,10-11,13H,6-9,12H2/p+1. The van der Waals surface area contributed by atoms with E-state index in [4.69, 9.17) is 16.0 Å². The zero-order valence-electron chi connectivity index (χ0n) is 15.4. The normalized spacial score (nSPS) is 15.8. The second kappa shape index (κ2) is 7.72. The molecule has 1 aromatic heterocycles. The van der Waals surface area contributed by atoms with Crippen molar-refractivity contribution in [1.29, 1.82) is 0 Å². The van der Waals surface area contributed by atoms with Crippen LogP contribution in [0.15, 0.2) is 57.9 Å². The first-order chi connectivity index (χ1) is 13.8. The highest BCUT2D eigenvalue weighted by molar-refractivity contribution is 6.31. The summed E-state index contributed by atoms with van der Waals surface area (Å²) in [5, 5.41) is 0.931. The lowest BCUT2D eigenvalue weighted by Crippen LogP contribution is -3.13. The lowest BCUT2D eigenvalue weighted by molar-refractivity contribution is -0.914. The third-order valence-electron chi connectivity index (χ3n) is 5.26. The van der Waals surface area contributed by atoms with Gasteiger partial charge in [0.2, 0.25) is 5.43 Å². The topological polar surface area (TPSA) is 37.9 Å². The van der Waals surface area contributed by atoms with Gasteiger partial charge in [-0.2, -0.15) is 13.2 Å². The van der Waals surface area contributed by atoms with Gasteiger partial charge in [-0.3, -0.25) is 4.79 Å². The second-order valence-electron chi connectivity index (χ2n) is 7.19. The van der Waals surface area contributed by atoms with Gasteiger partial charge in [-0.05, 0) is 36.4 Å². The monoisotopic (exact) mass is 423 g/mol. The highest BCUT2D eigenvalue weighted by Gasteiger charge is 2.31. The average molecular weight is 424 g/mol. The fourth-order valence-corrected chi connectivity index (χ4v) is 3.84. The molecular formula is C21H19ClF3N2O2+. The van der Waals surface area contributed by atoms with Crippen LogP contribution in [0.1, 0.15) is 11.1 Å². The summed E-state index contributed by atoms with van der Waals surface area (Å²) in [4.78, 5) is 15.9. The molecule has 0 atom stereocenters. The maximum atomic E-state index is 12.9. The van der Waals surface area contributed by atoms with Crippen LogP contribution in [0.3, 0.4) is 0 Å². The molecule has 1 aliphatic heterocycles. The Bertz CT molecular complexity index is 1090. The maximum absolute atomic E-state index is 12.9. The third kappa shape index (κ3) is 4.26. The molecule has 1 N–H and O–H groups in total. The lowest BCUT2D eigenvalue weighted by atomic mass is 10.1. The maximum Gasteiger partial charge on any atom is 0.416 e. The molecule has 0 bridgehead atoms. The molecule has 2 aromatic carbocycles. The van der Waals surface area contributed by atoms with Crippen molar-refractivity contribution < 1.29 is 22.5 Å². The van der Waals surface area contributed by atoms with Crippen LogP contribution >= 0.6 is 11.6 Å². The number of benzene rings is 2. The number of hydrogen-bond donors (Lipinski definition) is 1. The summed E-state index contributed by atoms with van der Waals surface area (Å²) in [6.07, 6.45) is -2.86. The van der Waals surface area contributed by atoms with Crippen LogP contribution in [0.2, 0.25) is 5.02 Å². The smallest absolute Gasteiger partial charge is 0.416 e. The van der Waals surface area contributed by atoms with Crippen molar-refractivity contribution in [2.75, 3.05) is 31.1 Å². The van der Waals surface area contributed by atoms with Crippen molar-refractivity contribution in [3.63, 3.8) is 0 Å². The van der Waals surface area contributed by atoms with E-state index in [1.807, 2.05) is 4.90 Å². The first kappa shape index (κ1) is 19.8. The molecule has 29 heavy (non-hydrogen) atoms. The zero-order chi connectivity index (χ0) is 20.6. The quantitative estimate of drug-likeness (QED) is 0.702. The van der Waals surface area contributed by atoms with Crippen LogP contribution in [-0.2, 0) is 12.7 Å². The van der Waals surface area contributed by atoms with E-state index in [9.17, 15) is 18.0 Å². The number of piperazine rings is 1. The van der Waals surface area contributed by atoms with Crippen molar-refractivity contribution in [3.8, 4) is 0 Å². The van der Waals surface area contributed by atoms with E-state index < -0.39 is 11.7 Å². The van der Waals surface area contributed by atoms with Gasteiger partial charge < -0.3 is 14.2 Å². The molecule has 0 amide bonds. The molecule has 0 saturated carbocycles. The fraction of sp³-hybridized carbons (Fsp3) is 0.286. The van der Waals surface area contributed by atoms with Gasteiger partial charge in [0, 0.05) is 10.7 Å². The average Bonchev–Trinajstić information content (AvgIpc) is 2.70. The summed E-state index contributed by atoms with van der Waals surface area (Å²) in [6, 6.07) is 10.3. The van der Waals surface area contributed by atoms with Gasteiger partial charge in [-0.25, -0.2) is 0 Å². The van der Waals surface area contributed by atoms with E-state index in [2.05, 4.69) is 0 Å². The highest BCUT2D eigenvalue weighted by atomic mass is 35.5. The Balaban J connectivity index is 1.45. The van der Waals surface area contributed by atoms with Crippen molar-refractivity contribution in [3.05, 3.63) is 75.1 Å².